The third-order valence-corrected chi connectivity index (χ3v) is 3.00. The second kappa shape index (κ2) is 6.31. The lowest BCUT2D eigenvalue weighted by atomic mass is 10.1. The van der Waals surface area contributed by atoms with Crippen LogP contribution < -0.4 is 10.6 Å². The van der Waals surface area contributed by atoms with Gasteiger partial charge in [-0.2, -0.15) is 0 Å². The molecule has 0 bridgehead atoms. The van der Waals surface area contributed by atoms with Gasteiger partial charge in [-0.15, -0.1) is 0 Å². The Hall–Kier alpha value is -1.68. The summed E-state index contributed by atoms with van der Waals surface area (Å²) in [5, 5.41) is 6.09. The van der Waals surface area contributed by atoms with Crippen LogP contribution in [0.4, 0.5) is 4.39 Å². The highest BCUT2D eigenvalue weighted by molar-refractivity contribution is 5.94. The van der Waals surface area contributed by atoms with Crippen LogP contribution in [-0.2, 0) is 0 Å². The summed E-state index contributed by atoms with van der Waals surface area (Å²) in [4.78, 5) is 11.7. The van der Waals surface area contributed by atoms with Crippen molar-refractivity contribution in [2.45, 2.75) is 12.8 Å². The fourth-order valence-electron chi connectivity index (χ4n) is 1.94. The van der Waals surface area contributed by atoms with E-state index in [1.807, 2.05) is 0 Å². The van der Waals surface area contributed by atoms with E-state index in [9.17, 15) is 9.18 Å². The molecule has 2 rings (SSSR count). The maximum absolute atomic E-state index is 12.7. The molecule has 0 fully saturated rings. The molecule has 1 heterocycles. The SMILES string of the molecule is O=C(NCCC1=CCNCC1)c1ccc(F)cc1. The molecule has 2 N–H and O–H groups in total. The van der Waals surface area contributed by atoms with Crippen LogP contribution >= 0.6 is 0 Å². The summed E-state index contributed by atoms with van der Waals surface area (Å²) in [5.41, 5.74) is 1.88. The first-order valence-corrected chi connectivity index (χ1v) is 6.18. The van der Waals surface area contributed by atoms with Gasteiger partial charge in [0.05, 0.1) is 0 Å². The molecule has 0 radical (unpaired) electrons. The first-order valence-electron chi connectivity index (χ1n) is 6.18. The molecule has 4 heteroatoms. The summed E-state index contributed by atoms with van der Waals surface area (Å²) in [6.07, 6.45) is 4.11. The third kappa shape index (κ3) is 3.67. The number of amides is 1. The van der Waals surface area contributed by atoms with Crippen molar-refractivity contribution in [1.82, 2.24) is 10.6 Å². The lowest BCUT2D eigenvalue weighted by Crippen LogP contribution is -2.26. The molecular formula is C14H17FN2O. The van der Waals surface area contributed by atoms with Crippen molar-refractivity contribution in [3.05, 3.63) is 47.3 Å². The predicted molar refractivity (Wildman–Crippen MR) is 68.9 cm³/mol. The molecule has 1 aliphatic rings. The molecule has 1 aromatic carbocycles. The van der Waals surface area contributed by atoms with Gasteiger partial charge in [-0.3, -0.25) is 4.79 Å². The Balaban J connectivity index is 1.78. The number of hydrogen-bond acceptors (Lipinski definition) is 2. The van der Waals surface area contributed by atoms with Gasteiger partial charge in [-0.1, -0.05) is 11.6 Å². The quantitative estimate of drug-likeness (QED) is 0.799. The van der Waals surface area contributed by atoms with Crippen molar-refractivity contribution in [3.8, 4) is 0 Å². The fraction of sp³-hybridized carbons (Fsp3) is 0.357. The van der Waals surface area contributed by atoms with Crippen LogP contribution in [0, 0.1) is 5.82 Å². The summed E-state index contributed by atoms with van der Waals surface area (Å²) in [7, 11) is 0. The van der Waals surface area contributed by atoms with Crippen molar-refractivity contribution in [2.75, 3.05) is 19.6 Å². The van der Waals surface area contributed by atoms with Gasteiger partial charge in [-0.25, -0.2) is 4.39 Å². The number of hydrogen-bond donors (Lipinski definition) is 2. The van der Waals surface area contributed by atoms with E-state index < -0.39 is 0 Å². The van der Waals surface area contributed by atoms with Gasteiger partial charge < -0.3 is 10.6 Å². The second-order valence-electron chi connectivity index (χ2n) is 4.33. The highest BCUT2D eigenvalue weighted by atomic mass is 19.1. The number of halogens is 1. The lowest BCUT2D eigenvalue weighted by Gasteiger charge is -2.14. The molecule has 0 saturated carbocycles. The molecule has 0 saturated heterocycles. The van der Waals surface area contributed by atoms with Gasteiger partial charge in [0, 0.05) is 18.7 Å². The molecule has 0 atom stereocenters. The standard InChI is InChI=1S/C14H17FN2O/c15-13-3-1-12(2-4-13)14(18)17-10-7-11-5-8-16-9-6-11/h1-5,16H,6-10H2,(H,17,18). The van der Waals surface area contributed by atoms with E-state index in [-0.39, 0.29) is 11.7 Å². The van der Waals surface area contributed by atoms with Gasteiger partial charge in [0.15, 0.2) is 0 Å². The van der Waals surface area contributed by atoms with Gasteiger partial charge in [0.1, 0.15) is 5.82 Å². The highest BCUT2D eigenvalue weighted by Gasteiger charge is 2.06. The summed E-state index contributed by atoms with van der Waals surface area (Å²) in [5.74, 6) is -0.476. The molecule has 0 aliphatic carbocycles. The zero-order valence-electron chi connectivity index (χ0n) is 10.2. The molecule has 96 valence electrons. The van der Waals surface area contributed by atoms with E-state index in [4.69, 9.17) is 0 Å². The maximum Gasteiger partial charge on any atom is 0.251 e. The Morgan fingerprint density at radius 1 is 1.33 bits per heavy atom. The topological polar surface area (TPSA) is 41.1 Å². The largest absolute Gasteiger partial charge is 0.352 e. The average Bonchev–Trinajstić information content (AvgIpc) is 2.40. The van der Waals surface area contributed by atoms with Crippen LogP contribution in [-0.4, -0.2) is 25.5 Å². The zero-order chi connectivity index (χ0) is 12.8. The van der Waals surface area contributed by atoms with Gasteiger partial charge in [-0.05, 0) is 43.7 Å². The Kier molecular flexibility index (Phi) is 4.47. The molecular weight excluding hydrogens is 231 g/mol. The summed E-state index contributed by atoms with van der Waals surface area (Å²) >= 11 is 0. The van der Waals surface area contributed by atoms with Crippen LogP contribution in [0.1, 0.15) is 23.2 Å². The minimum Gasteiger partial charge on any atom is -0.352 e. The van der Waals surface area contributed by atoms with Crippen molar-refractivity contribution in [2.24, 2.45) is 0 Å². The molecule has 3 nitrogen and oxygen atoms in total. The van der Waals surface area contributed by atoms with Gasteiger partial charge in [0.25, 0.3) is 5.91 Å². The zero-order valence-corrected chi connectivity index (χ0v) is 10.2. The van der Waals surface area contributed by atoms with E-state index in [2.05, 4.69) is 16.7 Å². The van der Waals surface area contributed by atoms with Crippen LogP contribution in [0.2, 0.25) is 0 Å². The minimum atomic E-state index is -0.327. The van der Waals surface area contributed by atoms with Gasteiger partial charge in [0.2, 0.25) is 0 Å². The van der Waals surface area contributed by atoms with Crippen LogP contribution in [0.5, 0.6) is 0 Å². The number of carbonyl (C=O) groups excluding carboxylic acids is 1. The normalized spacial score (nSPS) is 15.1. The molecule has 1 aromatic rings. The van der Waals surface area contributed by atoms with E-state index in [1.54, 1.807) is 0 Å². The van der Waals surface area contributed by atoms with E-state index in [1.165, 1.54) is 29.8 Å². The monoisotopic (exact) mass is 248 g/mol. The van der Waals surface area contributed by atoms with E-state index in [0.29, 0.717) is 12.1 Å². The molecule has 0 spiro atoms. The molecule has 1 amide bonds. The minimum absolute atomic E-state index is 0.149. The first kappa shape index (κ1) is 12.8. The molecule has 0 aromatic heterocycles. The van der Waals surface area contributed by atoms with Crippen molar-refractivity contribution in [3.63, 3.8) is 0 Å². The highest BCUT2D eigenvalue weighted by Crippen LogP contribution is 2.08. The second-order valence-corrected chi connectivity index (χ2v) is 4.33. The summed E-state index contributed by atoms with van der Waals surface area (Å²) < 4.78 is 12.7. The summed E-state index contributed by atoms with van der Waals surface area (Å²) in [6, 6.07) is 5.58. The number of rotatable bonds is 4. The lowest BCUT2D eigenvalue weighted by molar-refractivity contribution is 0.0954. The predicted octanol–water partition coefficient (Wildman–Crippen LogP) is 1.87. The Morgan fingerprint density at radius 2 is 2.11 bits per heavy atom. The van der Waals surface area contributed by atoms with Crippen LogP contribution in [0.3, 0.4) is 0 Å². The molecule has 18 heavy (non-hydrogen) atoms. The van der Waals surface area contributed by atoms with E-state index >= 15 is 0 Å². The van der Waals surface area contributed by atoms with E-state index in [0.717, 1.165) is 25.9 Å². The first-order chi connectivity index (χ1) is 8.75. The van der Waals surface area contributed by atoms with Crippen molar-refractivity contribution < 1.29 is 9.18 Å². The Bertz CT molecular complexity index is 440. The van der Waals surface area contributed by atoms with Crippen LogP contribution in [0.15, 0.2) is 35.9 Å². The Labute approximate surface area is 106 Å². The fourth-order valence-corrected chi connectivity index (χ4v) is 1.94. The number of nitrogens with one attached hydrogen (secondary N) is 2. The Morgan fingerprint density at radius 3 is 2.78 bits per heavy atom. The number of carbonyl (C=O) groups is 1. The molecule has 0 unspecified atom stereocenters. The van der Waals surface area contributed by atoms with Crippen molar-refractivity contribution >= 4 is 5.91 Å². The average molecular weight is 248 g/mol. The summed E-state index contributed by atoms with van der Waals surface area (Å²) in [6.45, 7) is 2.56. The number of benzene rings is 1. The maximum atomic E-state index is 12.7. The smallest absolute Gasteiger partial charge is 0.251 e. The third-order valence-electron chi connectivity index (χ3n) is 3.00. The van der Waals surface area contributed by atoms with Crippen molar-refractivity contribution in [1.29, 1.82) is 0 Å². The van der Waals surface area contributed by atoms with Gasteiger partial charge >= 0.3 is 0 Å². The molecule has 1 aliphatic heterocycles. The van der Waals surface area contributed by atoms with Crippen LogP contribution in [0.25, 0.3) is 0 Å².